The third kappa shape index (κ3) is 7.19. The lowest BCUT2D eigenvalue weighted by Gasteiger charge is -2.09. The number of aliphatic hydroxyl groups excluding tert-OH is 1. The van der Waals surface area contributed by atoms with Crippen molar-refractivity contribution in [2.75, 3.05) is 24.8 Å². The molecule has 1 amide bonds. The molecular weight excluding hydrogens is 296 g/mol. The Hall–Kier alpha value is -2.73. The van der Waals surface area contributed by atoms with Crippen LogP contribution in [0.3, 0.4) is 0 Å². The molecule has 124 valence electrons. The minimum absolute atomic E-state index is 0.641. The van der Waals surface area contributed by atoms with Gasteiger partial charge in [-0.2, -0.15) is 0 Å². The van der Waals surface area contributed by atoms with Crippen LogP contribution in [0, 0.1) is 0 Å². The second kappa shape index (κ2) is 10.1. The highest BCUT2D eigenvalue weighted by Crippen LogP contribution is 2.17. The van der Waals surface area contributed by atoms with Crippen molar-refractivity contribution < 1.29 is 19.4 Å². The maximum atomic E-state index is 9.99. The summed E-state index contributed by atoms with van der Waals surface area (Å²) >= 11 is 0. The Kier molecular flexibility index (Phi) is 8.02. The van der Waals surface area contributed by atoms with Crippen molar-refractivity contribution in [3.05, 3.63) is 48.5 Å². The van der Waals surface area contributed by atoms with E-state index in [4.69, 9.17) is 14.6 Å². The third-order valence-corrected chi connectivity index (χ3v) is 2.74. The summed E-state index contributed by atoms with van der Waals surface area (Å²) in [7, 11) is 3.43. The zero-order chi connectivity index (χ0) is 17.1. The summed E-state index contributed by atoms with van der Waals surface area (Å²) in [6, 6.07) is 14.5. The van der Waals surface area contributed by atoms with Crippen molar-refractivity contribution in [1.29, 1.82) is 0 Å². The summed E-state index contributed by atoms with van der Waals surface area (Å²) in [6.07, 6.45) is -0.126. The molecule has 0 bridgehead atoms. The molecule has 2 aromatic rings. The van der Waals surface area contributed by atoms with Gasteiger partial charge < -0.3 is 25.2 Å². The van der Waals surface area contributed by atoms with Crippen molar-refractivity contribution in [3.63, 3.8) is 0 Å². The van der Waals surface area contributed by atoms with Crippen LogP contribution in [0.1, 0.15) is 6.92 Å². The van der Waals surface area contributed by atoms with E-state index in [1.807, 2.05) is 25.2 Å². The monoisotopic (exact) mass is 318 g/mol. The van der Waals surface area contributed by atoms with Gasteiger partial charge in [0.25, 0.3) is 0 Å². The number of carbonyl (C=O) groups excluding carboxylic acids is 1. The lowest BCUT2D eigenvalue weighted by atomic mass is 10.3. The molecule has 0 aromatic heterocycles. The quantitative estimate of drug-likeness (QED) is 0.564. The molecule has 2 rings (SSSR count). The van der Waals surface area contributed by atoms with Crippen LogP contribution < -0.4 is 20.1 Å². The molecule has 0 aliphatic rings. The summed E-state index contributed by atoms with van der Waals surface area (Å²) in [5.74, 6) is 1.44. The van der Waals surface area contributed by atoms with Crippen LogP contribution in [0.25, 0.3) is 0 Å². The first-order chi connectivity index (χ1) is 11.1. The SMILES string of the molecule is CNc1cccc(OC(C)O)c1.COc1ccc(NC=O)cc1. The fourth-order valence-electron chi connectivity index (χ4n) is 1.68. The van der Waals surface area contributed by atoms with E-state index >= 15 is 0 Å². The molecule has 0 saturated heterocycles. The zero-order valence-electron chi connectivity index (χ0n) is 13.4. The molecular formula is C17H22N2O4. The number of rotatable bonds is 6. The topological polar surface area (TPSA) is 79.8 Å². The van der Waals surface area contributed by atoms with Crippen molar-refractivity contribution in [3.8, 4) is 11.5 Å². The van der Waals surface area contributed by atoms with E-state index in [1.165, 1.54) is 0 Å². The fraction of sp³-hybridized carbons (Fsp3) is 0.235. The number of carbonyl (C=O) groups is 1. The number of hydrogen-bond donors (Lipinski definition) is 3. The predicted octanol–water partition coefficient (Wildman–Crippen LogP) is 2.71. The van der Waals surface area contributed by atoms with Gasteiger partial charge in [0.2, 0.25) is 6.41 Å². The number of anilines is 2. The number of methoxy groups -OCH3 is 1. The molecule has 0 aliphatic carbocycles. The number of aliphatic hydroxyl groups is 1. The standard InChI is InChI=1S/C9H13NO2.C8H9NO2/c1-7(11)12-9-5-3-4-8(6-9)10-2;1-11-8-4-2-7(3-5-8)9-6-10/h3-7,10-11H,1-2H3;2-6H,1H3,(H,9,10). The van der Waals surface area contributed by atoms with Gasteiger partial charge in [0.1, 0.15) is 11.5 Å². The van der Waals surface area contributed by atoms with Gasteiger partial charge in [0.15, 0.2) is 6.29 Å². The maximum Gasteiger partial charge on any atom is 0.211 e. The normalized spacial score (nSPS) is 10.6. The average molecular weight is 318 g/mol. The Morgan fingerprint density at radius 1 is 1.09 bits per heavy atom. The molecule has 0 saturated carbocycles. The van der Waals surface area contributed by atoms with Gasteiger partial charge >= 0.3 is 0 Å². The molecule has 0 fully saturated rings. The number of nitrogens with one attached hydrogen (secondary N) is 2. The lowest BCUT2D eigenvalue weighted by Crippen LogP contribution is -2.09. The Morgan fingerprint density at radius 3 is 2.30 bits per heavy atom. The van der Waals surface area contributed by atoms with E-state index in [0.717, 1.165) is 17.1 Å². The summed E-state index contributed by atoms with van der Waals surface area (Å²) in [6.45, 7) is 1.58. The first-order valence-corrected chi connectivity index (χ1v) is 7.05. The van der Waals surface area contributed by atoms with E-state index < -0.39 is 6.29 Å². The van der Waals surface area contributed by atoms with E-state index in [1.54, 1.807) is 44.4 Å². The van der Waals surface area contributed by atoms with Crippen LogP contribution >= 0.6 is 0 Å². The van der Waals surface area contributed by atoms with Gasteiger partial charge in [0.05, 0.1) is 7.11 Å². The van der Waals surface area contributed by atoms with Crippen LogP contribution in [0.4, 0.5) is 11.4 Å². The van der Waals surface area contributed by atoms with E-state index in [9.17, 15) is 4.79 Å². The maximum absolute atomic E-state index is 9.99. The Labute approximate surface area is 136 Å². The molecule has 6 nitrogen and oxygen atoms in total. The zero-order valence-corrected chi connectivity index (χ0v) is 13.4. The summed E-state index contributed by atoms with van der Waals surface area (Å²) in [4.78, 5) is 9.99. The Balaban J connectivity index is 0.000000231. The summed E-state index contributed by atoms with van der Waals surface area (Å²) < 4.78 is 10.0. The molecule has 1 atom stereocenters. The summed E-state index contributed by atoms with van der Waals surface area (Å²) in [5.41, 5.74) is 1.73. The molecule has 0 spiro atoms. The minimum atomic E-state index is -0.767. The van der Waals surface area contributed by atoms with E-state index in [-0.39, 0.29) is 0 Å². The van der Waals surface area contributed by atoms with Crippen LogP contribution in [0.15, 0.2) is 48.5 Å². The van der Waals surface area contributed by atoms with E-state index in [2.05, 4.69) is 10.6 Å². The van der Waals surface area contributed by atoms with Crippen molar-refractivity contribution in [1.82, 2.24) is 0 Å². The molecule has 2 aromatic carbocycles. The molecule has 0 heterocycles. The van der Waals surface area contributed by atoms with Gasteiger partial charge in [-0.05, 0) is 43.3 Å². The smallest absolute Gasteiger partial charge is 0.211 e. The first kappa shape index (κ1) is 18.3. The lowest BCUT2D eigenvalue weighted by molar-refractivity contribution is -0.105. The average Bonchev–Trinajstić information content (AvgIpc) is 2.56. The van der Waals surface area contributed by atoms with Crippen molar-refractivity contribution >= 4 is 17.8 Å². The fourth-order valence-corrected chi connectivity index (χ4v) is 1.68. The first-order valence-electron chi connectivity index (χ1n) is 7.05. The highest BCUT2D eigenvalue weighted by molar-refractivity contribution is 5.71. The Morgan fingerprint density at radius 2 is 1.78 bits per heavy atom. The van der Waals surface area contributed by atoms with Crippen LogP contribution in [-0.2, 0) is 4.79 Å². The van der Waals surface area contributed by atoms with Crippen molar-refractivity contribution in [2.45, 2.75) is 13.2 Å². The van der Waals surface area contributed by atoms with Crippen LogP contribution in [0.2, 0.25) is 0 Å². The highest BCUT2D eigenvalue weighted by atomic mass is 16.6. The van der Waals surface area contributed by atoms with Gasteiger partial charge in [-0.25, -0.2) is 0 Å². The van der Waals surface area contributed by atoms with E-state index in [0.29, 0.717) is 12.2 Å². The highest BCUT2D eigenvalue weighted by Gasteiger charge is 1.98. The van der Waals surface area contributed by atoms with Gasteiger partial charge in [-0.3, -0.25) is 4.79 Å². The largest absolute Gasteiger partial charge is 0.497 e. The predicted molar refractivity (Wildman–Crippen MR) is 91.0 cm³/mol. The minimum Gasteiger partial charge on any atom is -0.497 e. The van der Waals surface area contributed by atoms with Crippen molar-refractivity contribution in [2.24, 2.45) is 0 Å². The van der Waals surface area contributed by atoms with Gasteiger partial charge in [-0.1, -0.05) is 6.07 Å². The second-order valence-electron chi connectivity index (χ2n) is 4.49. The number of benzene rings is 2. The third-order valence-electron chi connectivity index (χ3n) is 2.74. The molecule has 0 aliphatic heterocycles. The molecule has 23 heavy (non-hydrogen) atoms. The molecule has 3 N–H and O–H groups in total. The summed E-state index contributed by atoms with van der Waals surface area (Å²) in [5, 5.41) is 14.4. The second-order valence-corrected chi connectivity index (χ2v) is 4.49. The van der Waals surface area contributed by atoms with Gasteiger partial charge in [-0.15, -0.1) is 0 Å². The number of ether oxygens (including phenoxy) is 2. The molecule has 6 heteroatoms. The molecule has 1 unspecified atom stereocenters. The van der Waals surface area contributed by atoms with Crippen LogP contribution in [-0.4, -0.2) is 32.0 Å². The number of hydrogen-bond acceptors (Lipinski definition) is 5. The Bertz CT molecular complexity index is 585. The van der Waals surface area contributed by atoms with Crippen LogP contribution in [0.5, 0.6) is 11.5 Å². The molecule has 0 radical (unpaired) electrons. The number of amides is 1. The van der Waals surface area contributed by atoms with Gasteiger partial charge in [0, 0.05) is 24.5 Å².